The van der Waals surface area contributed by atoms with Crippen LogP contribution in [0.5, 0.6) is 0 Å². The molecule has 29 heavy (non-hydrogen) atoms. The number of fused-ring (bicyclic) bond motifs is 1. The molecule has 0 N–H and O–H groups in total. The van der Waals surface area contributed by atoms with Crippen molar-refractivity contribution in [3.8, 4) is 0 Å². The van der Waals surface area contributed by atoms with Gasteiger partial charge >= 0.3 is 0 Å². The first-order valence-corrected chi connectivity index (χ1v) is 11.3. The molecule has 1 aliphatic rings. The molecule has 0 spiro atoms. The van der Waals surface area contributed by atoms with Gasteiger partial charge in [0.2, 0.25) is 15.3 Å². The number of aryl methyl sites for hydroxylation is 1. The number of aromatic nitrogens is 1. The summed E-state index contributed by atoms with van der Waals surface area (Å²) in [5.74, 6) is -0.514. The van der Waals surface area contributed by atoms with Gasteiger partial charge < -0.3 is 9.47 Å². The van der Waals surface area contributed by atoms with Gasteiger partial charge in [0.05, 0.1) is 21.5 Å². The zero-order chi connectivity index (χ0) is 20.8. The van der Waals surface area contributed by atoms with Crippen LogP contribution in [-0.4, -0.2) is 26.1 Å². The Morgan fingerprint density at radius 1 is 1.10 bits per heavy atom. The summed E-state index contributed by atoms with van der Waals surface area (Å²) in [5.41, 5.74) is 0.271. The highest BCUT2D eigenvalue weighted by atomic mass is 35.5. The van der Waals surface area contributed by atoms with Crippen molar-refractivity contribution in [2.24, 2.45) is 0 Å². The van der Waals surface area contributed by atoms with Crippen LogP contribution in [0.4, 0.5) is 10.1 Å². The summed E-state index contributed by atoms with van der Waals surface area (Å²) in [7, 11) is -4.07. The molecule has 1 fully saturated rings. The molecule has 152 valence electrons. The Morgan fingerprint density at radius 3 is 2.38 bits per heavy atom. The lowest BCUT2D eigenvalue weighted by atomic mass is 10.1. The summed E-state index contributed by atoms with van der Waals surface area (Å²) in [5, 5.41) is 0.451. The summed E-state index contributed by atoms with van der Waals surface area (Å²) in [4.78, 5) is 14.6. The highest BCUT2D eigenvalue weighted by molar-refractivity contribution is 7.91. The zero-order valence-electron chi connectivity index (χ0n) is 15.9. The van der Waals surface area contributed by atoms with Gasteiger partial charge in [0, 0.05) is 30.9 Å². The van der Waals surface area contributed by atoms with E-state index in [-0.39, 0.29) is 15.2 Å². The van der Waals surface area contributed by atoms with Crippen molar-refractivity contribution in [2.45, 2.75) is 36.1 Å². The average molecular weight is 435 g/mol. The first-order valence-electron chi connectivity index (χ1n) is 9.45. The third-order valence-electron chi connectivity index (χ3n) is 5.32. The van der Waals surface area contributed by atoms with E-state index >= 15 is 0 Å². The molecule has 0 saturated carbocycles. The highest BCUT2D eigenvalue weighted by Crippen LogP contribution is 2.29. The lowest BCUT2D eigenvalue weighted by Gasteiger charge is -2.20. The second-order valence-electron chi connectivity index (χ2n) is 7.08. The maximum atomic E-state index is 14.8. The highest BCUT2D eigenvalue weighted by Gasteiger charge is 2.25. The third-order valence-corrected chi connectivity index (χ3v) is 7.33. The topological polar surface area (TPSA) is 59.4 Å². The standard InChI is InChI=1S/C21H20ClFN2O3S/c1-2-24-13-20(29(27,28)15-7-5-14(22)6-8-15)21(26)16-11-17(23)19(12-18(16)24)25-9-3-4-10-25/h5-8,11-13H,2-4,9-10H2,1H3. The molecule has 2 aromatic carbocycles. The summed E-state index contributed by atoms with van der Waals surface area (Å²) >= 11 is 5.84. The molecule has 8 heteroatoms. The Labute approximate surface area is 173 Å². The largest absolute Gasteiger partial charge is 0.369 e. The minimum atomic E-state index is -4.07. The van der Waals surface area contributed by atoms with Crippen molar-refractivity contribution < 1.29 is 12.8 Å². The summed E-state index contributed by atoms with van der Waals surface area (Å²) < 4.78 is 42.7. The van der Waals surface area contributed by atoms with Crippen LogP contribution < -0.4 is 10.3 Å². The molecule has 0 unspecified atom stereocenters. The summed E-state index contributed by atoms with van der Waals surface area (Å²) in [6.07, 6.45) is 3.34. The lowest BCUT2D eigenvalue weighted by molar-refractivity contribution is 0.593. The van der Waals surface area contributed by atoms with Crippen molar-refractivity contribution in [1.82, 2.24) is 4.57 Å². The van der Waals surface area contributed by atoms with Gasteiger partial charge in [0.1, 0.15) is 10.7 Å². The van der Waals surface area contributed by atoms with E-state index in [0.717, 1.165) is 25.9 Å². The van der Waals surface area contributed by atoms with Crippen LogP contribution in [-0.2, 0) is 16.4 Å². The minimum absolute atomic E-state index is 0.0323. The second-order valence-corrected chi connectivity index (χ2v) is 9.44. The molecule has 1 saturated heterocycles. The smallest absolute Gasteiger partial charge is 0.211 e. The Kier molecular flexibility index (Phi) is 5.12. The molecular weight excluding hydrogens is 415 g/mol. The van der Waals surface area contributed by atoms with Gasteiger partial charge in [0.15, 0.2) is 0 Å². The first-order chi connectivity index (χ1) is 13.8. The van der Waals surface area contributed by atoms with E-state index in [2.05, 4.69) is 0 Å². The molecule has 4 rings (SSSR count). The van der Waals surface area contributed by atoms with Crippen LogP contribution in [0, 0.1) is 5.82 Å². The molecule has 1 aromatic heterocycles. The number of anilines is 1. The van der Waals surface area contributed by atoms with E-state index in [1.165, 1.54) is 36.5 Å². The number of halogens is 2. The van der Waals surface area contributed by atoms with Crippen LogP contribution in [0.3, 0.4) is 0 Å². The SMILES string of the molecule is CCn1cc(S(=O)(=O)c2ccc(Cl)cc2)c(=O)c2cc(F)c(N3CCCC3)cc21. The van der Waals surface area contributed by atoms with Crippen LogP contribution in [0.15, 0.2) is 57.2 Å². The number of sulfone groups is 1. The second kappa shape index (κ2) is 7.46. The summed E-state index contributed by atoms with van der Waals surface area (Å²) in [6.45, 7) is 3.82. The monoisotopic (exact) mass is 434 g/mol. The molecule has 5 nitrogen and oxygen atoms in total. The van der Waals surface area contributed by atoms with Crippen LogP contribution in [0.25, 0.3) is 10.9 Å². The minimum Gasteiger partial charge on any atom is -0.369 e. The number of hydrogen-bond acceptors (Lipinski definition) is 4. The van der Waals surface area contributed by atoms with E-state index in [1.807, 2.05) is 11.8 Å². The van der Waals surface area contributed by atoms with Gasteiger partial charge in [-0.2, -0.15) is 0 Å². The normalized spacial score (nSPS) is 14.7. The van der Waals surface area contributed by atoms with Crippen LogP contribution >= 0.6 is 11.6 Å². The predicted molar refractivity (Wildman–Crippen MR) is 112 cm³/mol. The number of nitrogens with zero attached hydrogens (tertiary/aromatic N) is 2. The first kappa shape index (κ1) is 19.9. The Morgan fingerprint density at radius 2 is 1.76 bits per heavy atom. The molecule has 0 atom stereocenters. The number of pyridine rings is 1. The predicted octanol–water partition coefficient (Wildman–Crippen LogP) is 4.25. The quantitative estimate of drug-likeness (QED) is 0.616. The molecular formula is C21H20ClFN2O3S. The number of hydrogen-bond donors (Lipinski definition) is 0. The fourth-order valence-corrected chi connectivity index (χ4v) is 5.26. The van der Waals surface area contributed by atoms with E-state index in [0.29, 0.717) is 22.8 Å². The van der Waals surface area contributed by atoms with E-state index in [1.54, 1.807) is 10.6 Å². The van der Waals surface area contributed by atoms with E-state index in [9.17, 15) is 17.6 Å². The van der Waals surface area contributed by atoms with Crippen molar-refractivity contribution in [3.05, 3.63) is 63.7 Å². The van der Waals surface area contributed by atoms with Gasteiger partial charge in [-0.3, -0.25) is 4.79 Å². The van der Waals surface area contributed by atoms with Crippen molar-refractivity contribution in [2.75, 3.05) is 18.0 Å². The Bertz CT molecular complexity index is 1250. The van der Waals surface area contributed by atoms with Gasteiger partial charge in [-0.1, -0.05) is 11.6 Å². The molecule has 0 amide bonds. The molecule has 0 aliphatic carbocycles. The van der Waals surface area contributed by atoms with E-state index < -0.39 is 21.1 Å². The molecule has 3 aromatic rings. The van der Waals surface area contributed by atoms with Crippen molar-refractivity contribution in [1.29, 1.82) is 0 Å². The van der Waals surface area contributed by atoms with Crippen molar-refractivity contribution >= 4 is 38.0 Å². The van der Waals surface area contributed by atoms with Gasteiger partial charge in [-0.15, -0.1) is 0 Å². The fourth-order valence-electron chi connectivity index (χ4n) is 3.77. The van der Waals surface area contributed by atoms with Crippen LogP contribution in [0.1, 0.15) is 19.8 Å². The maximum absolute atomic E-state index is 14.8. The average Bonchev–Trinajstić information content (AvgIpc) is 3.23. The molecule has 2 heterocycles. The third kappa shape index (κ3) is 3.42. The maximum Gasteiger partial charge on any atom is 0.211 e. The van der Waals surface area contributed by atoms with Crippen molar-refractivity contribution in [3.63, 3.8) is 0 Å². The Balaban J connectivity index is 1.95. The van der Waals surface area contributed by atoms with E-state index in [4.69, 9.17) is 11.6 Å². The summed E-state index contributed by atoms with van der Waals surface area (Å²) in [6, 6.07) is 8.44. The molecule has 0 bridgehead atoms. The van der Waals surface area contributed by atoms with Gasteiger partial charge in [-0.25, -0.2) is 12.8 Å². The van der Waals surface area contributed by atoms with Gasteiger partial charge in [-0.05, 0) is 56.2 Å². The molecule has 1 aliphatic heterocycles. The zero-order valence-corrected chi connectivity index (χ0v) is 17.4. The molecule has 0 radical (unpaired) electrons. The fraction of sp³-hybridized carbons (Fsp3) is 0.286. The van der Waals surface area contributed by atoms with Crippen LogP contribution in [0.2, 0.25) is 5.02 Å². The lowest BCUT2D eigenvalue weighted by Crippen LogP contribution is -2.22. The number of benzene rings is 2. The number of rotatable bonds is 4. The Hall–Kier alpha value is -2.38. The van der Waals surface area contributed by atoms with Gasteiger partial charge in [0.25, 0.3) is 0 Å².